The number of hydrogen-bond donors (Lipinski definition) is 2. The summed E-state index contributed by atoms with van der Waals surface area (Å²) in [5, 5.41) is 2.69. The SMILES string of the molecule is COC(=O)c1ccc(NCC(C)(C)N)c(F)c1F. The summed E-state index contributed by atoms with van der Waals surface area (Å²) in [6.07, 6.45) is 0. The Morgan fingerprint density at radius 3 is 2.50 bits per heavy atom. The van der Waals surface area contributed by atoms with Crippen molar-refractivity contribution in [3.63, 3.8) is 0 Å². The van der Waals surface area contributed by atoms with Gasteiger partial charge in [-0.05, 0) is 26.0 Å². The Hall–Kier alpha value is -1.69. The molecule has 0 spiro atoms. The maximum atomic E-state index is 13.6. The number of nitrogens with two attached hydrogens (primary N) is 1. The highest BCUT2D eigenvalue weighted by atomic mass is 19.2. The van der Waals surface area contributed by atoms with Gasteiger partial charge in [0.15, 0.2) is 11.6 Å². The summed E-state index contributed by atoms with van der Waals surface area (Å²) in [5.74, 6) is -3.28. The fraction of sp³-hybridized carbons (Fsp3) is 0.417. The lowest BCUT2D eigenvalue weighted by atomic mass is 10.1. The monoisotopic (exact) mass is 258 g/mol. The number of rotatable bonds is 4. The minimum atomic E-state index is -1.23. The lowest BCUT2D eigenvalue weighted by Gasteiger charge is -2.20. The Morgan fingerprint density at radius 1 is 1.39 bits per heavy atom. The first kappa shape index (κ1) is 14.4. The van der Waals surface area contributed by atoms with Crippen molar-refractivity contribution in [2.45, 2.75) is 19.4 Å². The van der Waals surface area contributed by atoms with Gasteiger partial charge in [-0.2, -0.15) is 0 Å². The van der Waals surface area contributed by atoms with Crippen molar-refractivity contribution in [3.05, 3.63) is 29.3 Å². The fourth-order valence-corrected chi connectivity index (χ4v) is 1.28. The Kier molecular flexibility index (Phi) is 4.24. The number of hydrogen-bond acceptors (Lipinski definition) is 4. The summed E-state index contributed by atoms with van der Waals surface area (Å²) in [6.45, 7) is 3.76. The highest BCUT2D eigenvalue weighted by Gasteiger charge is 2.20. The van der Waals surface area contributed by atoms with Crippen molar-refractivity contribution < 1.29 is 18.3 Å². The van der Waals surface area contributed by atoms with Crippen molar-refractivity contribution in [2.75, 3.05) is 19.0 Å². The molecule has 100 valence electrons. The first-order valence-electron chi connectivity index (χ1n) is 5.35. The lowest BCUT2D eigenvalue weighted by Crippen LogP contribution is -2.39. The molecule has 0 aliphatic rings. The molecule has 3 N–H and O–H groups in total. The fourth-order valence-electron chi connectivity index (χ4n) is 1.28. The van der Waals surface area contributed by atoms with E-state index in [4.69, 9.17) is 5.73 Å². The van der Waals surface area contributed by atoms with Crippen LogP contribution in [0.2, 0.25) is 0 Å². The van der Waals surface area contributed by atoms with Crippen LogP contribution in [0.5, 0.6) is 0 Å². The molecule has 0 atom stereocenters. The van der Waals surface area contributed by atoms with Gasteiger partial charge in [0.25, 0.3) is 0 Å². The molecule has 0 heterocycles. The molecule has 0 amide bonds. The number of carbonyl (C=O) groups excluding carboxylic acids is 1. The van der Waals surface area contributed by atoms with E-state index in [2.05, 4.69) is 10.1 Å². The Labute approximate surface area is 104 Å². The quantitative estimate of drug-likeness (QED) is 0.810. The first-order chi connectivity index (χ1) is 8.26. The summed E-state index contributed by atoms with van der Waals surface area (Å²) in [6, 6.07) is 2.44. The van der Waals surface area contributed by atoms with E-state index >= 15 is 0 Å². The van der Waals surface area contributed by atoms with E-state index in [0.29, 0.717) is 0 Å². The summed E-state index contributed by atoms with van der Waals surface area (Å²) < 4.78 is 31.6. The molecule has 0 bridgehead atoms. The lowest BCUT2D eigenvalue weighted by molar-refractivity contribution is 0.0594. The number of methoxy groups -OCH3 is 1. The molecule has 0 aromatic heterocycles. The largest absolute Gasteiger partial charge is 0.465 e. The third-order valence-corrected chi connectivity index (χ3v) is 2.22. The van der Waals surface area contributed by atoms with Crippen LogP contribution in [0.1, 0.15) is 24.2 Å². The van der Waals surface area contributed by atoms with Crippen molar-refractivity contribution in [2.24, 2.45) is 5.73 Å². The molecule has 0 radical (unpaired) electrons. The maximum Gasteiger partial charge on any atom is 0.340 e. The molecule has 0 aliphatic heterocycles. The number of anilines is 1. The average Bonchev–Trinajstić information content (AvgIpc) is 2.29. The van der Waals surface area contributed by atoms with Gasteiger partial charge >= 0.3 is 5.97 Å². The summed E-state index contributed by atoms with van der Waals surface area (Å²) in [5.41, 5.74) is 4.67. The van der Waals surface area contributed by atoms with Crippen LogP contribution in [0.3, 0.4) is 0 Å². The van der Waals surface area contributed by atoms with Crippen molar-refractivity contribution in [3.8, 4) is 0 Å². The molecule has 6 heteroatoms. The minimum absolute atomic E-state index is 0.0429. The zero-order chi connectivity index (χ0) is 13.9. The van der Waals surface area contributed by atoms with Crippen LogP contribution in [0.15, 0.2) is 12.1 Å². The van der Waals surface area contributed by atoms with E-state index in [-0.39, 0.29) is 12.2 Å². The normalized spacial score (nSPS) is 11.2. The molecule has 0 saturated heterocycles. The average molecular weight is 258 g/mol. The van der Waals surface area contributed by atoms with Gasteiger partial charge < -0.3 is 15.8 Å². The predicted octanol–water partition coefficient (Wildman–Crippen LogP) is 1.90. The second-order valence-electron chi connectivity index (χ2n) is 4.62. The van der Waals surface area contributed by atoms with E-state index in [9.17, 15) is 13.6 Å². The summed E-state index contributed by atoms with van der Waals surface area (Å²) in [4.78, 5) is 11.1. The minimum Gasteiger partial charge on any atom is -0.465 e. The van der Waals surface area contributed by atoms with E-state index in [1.807, 2.05) is 0 Å². The molecule has 1 aromatic rings. The number of benzene rings is 1. The second kappa shape index (κ2) is 5.30. The standard InChI is InChI=1S/C12H16F2N2O2/c1-12(2,15)6-16-8-5-4-7(11(17)18-3)9(13)10(8)14/h4-5,16H,6,15H2,1-3H3. The molecular weight excluding hydrogens is 242 g/mol. The van der Waals surface area contributed by atoms with Gasteiger partial charge in [0.1, 0.15) is 0 Å². The zero-order valence-electron chi connectivity index (χ0n) is 10.5. The van der Waals surface area contributed by atoms with Crippen LogP contribution in [-0.4, -0.2) is 25.2 Å². The highest BCUT2D eigenvalue weighted by molar-refractivity contribution is 5.90. The van der Waals surface area contributed by atoms with Crippen LogP contribution >= 0.6 is 0 Å². The molecule has 0 fully saturated rings. The van der Waals surface area contributed by atoms with Gasteiger partial charge in [-0.15, -0.1) is 0 Å². The third kappa shape index (κ3) is 3.40. The van der Waals surface area contributed by atoms with Gasteiger partial charge in [0.05, 0.1) is 18.4 Å². The molecule has 1 aromatic carbocycles. The molecule has 0 aliphatic carbocycles. The van der Waals surface area contributed by atoms with Crippen LogP contribution in [0, 0.1) is 11.6 Å². The molecule has 0 saturated carbocycles. The molecule has 4 nitrogen and oxygen atoms in total. The van der Waals surface area contributed by atoms with Crippen molar-refractivity contribution in [1.82, 2.24) is 0 Å². The molecule has 18 heavy (non-hydrogen) atoms. The molecule has 1 rings (SSSR count). The van der Waals surface area contributed by atoms with E-state index < -0.39 is 28.7 Å². The molecular formula is C12H16F2N2O2. The Morgan fingerprint density at radius 2 is 2.00 bits per heavy atom. The van der Waals surface area contributed by atoms with E-state index in [1.54, 1.807) is 13.8 Å². The number of nitrogens with one attached hydrogen (secondary N) is 1. The Balaban J connectivity index is 2.98. The molecule has 0 unspecified atom stereocenters. The van der Waals surface area contributed by atoms with Gasteiger partial charge in [-0.25, -0.2) is 13.6 Å². The number of esters is 1. The van der Waals surface area contributed by atoms with Crippen molar-refractivity contribution in [1.29, 1.82) is 0 Å². The van der Waals surface area contributed by atoms with E-state index in [0.717, 1.165) is 13.2 Å². The summed E-state index contributed by atoms with van der Waals surface area (Å²) >= 11 is 0. The van der Waals surface area contributed by atoms with Gasteiger partial charge in [0.2, 0.25) is 0 Å². The van der Waals surface area contributed by atoms with Crippen molar-refractivity contribution >= 4 is 11.7 Å². The number of carbonyl (C=O) groups is 1. The second-order valence-corrected chi connectivity index (χ2v) is 4.62. The first-order valence-corrected chi connectivity index (χ1v) is 5.35. The number of halogens is 2. The van der Waals surface area contributed by atoms with Crippen LogP contribution in [0.4, 0.5) is 14.5 Å². The highest BCUT2D eigenvalue weighted by Crippen LogP contribution is 2.21. The number of ether oxygens (including phenoxy) is 1. The van der Waals surface area contributed by atoms with Crippen LogP contribution in [-0.2, 0) is 4.74 Å². The zero-order valence-corrected chi connectivity index (χ0v) is 10.5. The predicted molar refractivity (Wildman–Crippen MR) is 64.5 cm³/mol. The summed E-state index contributed by atoms with van der Waals surface area (Å²) in [7, 11) is 1.10. The maximum absolute atomic E-state index is 13.6. The third-order valence-electron chi connectivity index (χ3n) is 2.22. The van der Waals surface area contributed by atoms with Gasteiger partial charge in [0, 0.05) is 12.1 Å². The van der Waals surface area contributed by atoms with Crippen LogP contribution < -0.4 is 11.1 Å². The van der Waals surface area contributed by atoms with Gasteiger partial charge in [-0.1, -0.05) is 0 Å². The Bertz CT molecular complexity index is 456. The van der Waals surface area contributed by atoms with Crippen LogP contribution in [0.25, 0.3) is 0 Å². The van der Waals surface area contributed by atoms with E-state index in [1.165, 1.54) is 6.07 Å². The topological polar surface area (TPSA) is 64.3 Å². The van der Waals surface area contributed by atoms with Gasteiger partial charge in [-0.3, -0.25) is 0 Å². The smallest absolute Gasteiger partial charge is 0.340 e.